The summed E-state index contributed by atoms with van der Waals surface area (Å²) in [6.07, 6.45) is 1.34. The SMILES string of the molecule is CCOc1ccc(OCCOC(=O)C2CCCN2C2=NS(=O)(=O)c3ccccc32)cc1. The van der Waals surface area contributed by atoms with Gasteiger partial charge in [0, 0.05) is 12.1 Å². The van der Waals surface area contributed by atoms with Crippen molar-refractivity contribution in [2.45, 2.75) is 30.7 Å². The van der Waals surface area contributed by atoms with Gasteiger partial charge in [0.2, 0.25) is 0 Å². The quantitative estimate of drug-likeness (QED) is 0.479. The standard InChI is InChI=1S/C22H24N2O6S/c1-2-28-16-9-11-17(12-10-16)29-14-15-30-22(25)19-7-5-13-24(19)21-18-6-3-4-8-20(18)31(26,27)23-21/h3-4,6,8-12,19H,2,5,7,13-15H2,1H3. The first-order chi connectivity index (χ1) is 15.0. The molecule has 1 saturated heterocycles. The van der Waals surface area contributed by atoms with Crippen LogP contribution < -0.4 is 9.47 Å². The Morgan fingerprint density at radius 3 is 2.52 bits per heavy atom. The van der Waals surface area contributed by atoms with Crippen molar-refractivity contribution < 1.29 is 27.4 Å². The molecule has 0 spiro atoms. The van der Waals surface area contributed by atoms with E-state index in [9.17, 15) is 13.2 Å². The molecule has 1 atom stereocenters. The molecule has 4 rings (SSSR count). The van der Waals surface area contributed by atoms with Crippen molar-refractivity contribution in [1.82, 2.24) is 4.90 Å². The fourth-order valence-electron chi connectivity index (χ4n) is 3.76. The molecule has 9 heteroatoms. The molecule has 2 aromatic rings. The van der Waals surface area contributed by atoms with Crippen molar-refractivity contribution in [3.63, 3.8) is 0 Å². The van der Waals surface area contributed by atoms with Crippen LogP contribution in [-0.4, -0.2) is 57.5 Å². The van der Waals surface area contributed by atoms with E-state index in [0.29, 0.717) is 36.7 Å². The van der Waals surface area contributed by atoms with Crippen molar-refractivity contribution in [1.29, 1.82) is 0 Å². The number of benzene rings is 2. The van der Waals surface area contributed by atoms with Crippen molar-refractivity contribution in [3.05, 3.63) is 54.1 Å². The molecule has 31 heavy (non-hydrogen) atoms. The van der Waals surface area contributed by atoms with Crippen LogP contribution in [0, 0.1) is 0 Å². The zero-order valence-electron chi connectivity index (χ0n) is 17.2. The van der Waals surface area contributed by atoms with Crippen molar-refractivity contribution in [2.24, 2.45) is 4.40 Å². The lowest BCUT2D eigenvalue weighted by atomic mass is 10.1. The summed E-state index contributed by atoms with van der Waals surface area (Å²) in [5.74, 6) is 1.34. The van der Waals surface area contributed by atoms with Gasteiger partial charge in [0.15, 0.2) is 5.84 Å². The smallest absolute Gasteiger partial charge is 0.328 e. The molecule has 0 radical (unpaired) electrons. The number of amidine groups is 1. The molecular weight excluding hydrogens is 420 g/mol. The number of carbonyl (C=O) groups is 1. The molecule has 0 saturated carbocycles. The number of rotatable bonds is 7. The molecule has 2 heterocycles. The van der Waals surface area contributed by atoms with Crippen LogP contribution in [0.3, 0.4) is 0 Å². The number of hydrogen-bond acceptors (Lipinski definition) is 7. The summed E-state index contributed by atoms with van der Waals surface area (Å²) in [6, 6.07) is 13.3. The number of nitrogens with zero attached hydrogens (tertiary/aromatic N) is 2. The average Bonchev–Trinajstić information content (AvgIpc) is 3.35. The highest BCUT2D eigenvalue weighted by atomic mass is 32.2. The fourth-order valence-corrected chi connectivity index (χ4v) is 4.97. The number of fused-ring (bicyclic) bond motifs is 1. The molecule has 0 bridgehead atoms. The van der Waals surface area contributed by atoms with Gasteiger partial charge in [0.25, 0.3) is 10.0 Å². The summed E-state index contributed by atoms with van der Waals surface area (Å²) in [6.45, 7) is 3.37. The van der Waals surface area contributed by atoms with E-state index in [-0.39, 0.29) is 18.1 Å². The van der Waals surface area contributed by atoms with Crippen LogP contribution in [0.1, 0.15) is 25.3 Å². The van der Waals surface area contributed by atoms with Gasteiger partial charge in [-0.1, -0.05) is 12.1 Å². The van der Waals surface area contributed by atoms with E-state index < -0.39 is 22.0 Å². The van der Waals surface area contributed by atoms with Gasteiger partial charge >= 0.3 is 5.97 Å². The van der Waals surface area contributed by atoms with Gasteiger partial charge in [-0.15, -0.1) is 4.40 Å². The van der Waals surface area contributed by atoms with Crippen LogP contribution in [-0.2, 0) is 19.6 Å². The number of carbonyl (C=O) groups excluding carboxylic acids is 1. The maximum atomic E-state index is 12.7. The molecule has 2 aliphatic heterocycles. The zero-order chi connectivity index (χ0) is 21.8. The van der Waals surface area contributed by atoms with E-state index in [2.05, 4.69) is 4.40 Å². The summed E-state index contributed by atoms with van der Waals surface area (Å²) in [5.41, 5.74) is 0.529. The minimum atomic E-state index is -3.73. The highest BCUT2D eigenvalue weighted by Crippen LogP contribution is 2.31. The van der Waals surface area contributed by atoms with Gasteiger partial charge in [0.05, 0.1) is 6.61 Å². The molecule has 8 nitrogen and oxygen atoms in total. The summed E-state index contributed by atoms with van der Waals surface area (Å²) in [5, 5.41) is 0. The summed E-state index contributed by atoms with van der Waals surface area (Å²) in [4.78, 5) is 14.6. The van der Waals surface area contributed by atoms with Gasteiger partial charge in [-0.3, -0.25) is 0 Å². The minimum absolute atomic E-state index is 0.0950. The lowest BCUT2D eigenvalue weighted by Crippen LogP contribution is -2.41. The lowest BCUT2D eigenvalue weighted by Gasteiger charge is -2.24. The second kappa shape index (κ2) is 8.97. The van der Waals surface area contributed by atoms with Crippen molar-refractivity contribution in [3.8, 4) is 11.5 Å². The van der Waals surface area contributed by atoms with E-state index >= 15 is 0 Å². The summed E-state index contributed by atoms with van der Waals surface area (Å²) in [7, 11) is -3.73. The first kappa shape index (κ1) is 21.2. The Bertz CT molecular complexity index is 1080. The average molecular weight is 445 g/mol. The fraction of sp³-hybridized carbons (Fsp3) is 0.364. The Balaban J connectivity index is 1.34. The highest BCUT2D eigenvalue weighted by Gasteiger charge is 2.39. The van der Waals surface area contributed by atoms with Crippen molar-refractivity contribution in [2.75, 3.05) is 26.4 Å². The molecule has 0 N–H and O–H groups in total. The van der Waals surface area contributed by atoms with Crippen LogP contribution in [0.25, 0.3) is 0 Å². The monoisotopic (exact) mass is 444 g/mol. The maximum Gasteiger partial charge on any atom is 0.328 e. The van der Waals surface area contributed by atoms with Gasteiger partial charge < -0.3 is 19.1 Å². The molecular formula is C22H24N2O6S. The van der Waals surface area contributed by atoms with Gasteiger partial charge in [-0.25, -0.2) is 4.79 Å². The van der Waals surface area contributed by atoms with Crippen LogP contribution in [0.4, 0.5) is 0 Å². The Hall–Kier alpha value is -3.07. The lowest BCUT2D eigenvalue weighted by molar-refractivity contribution is -0.148. The van der Waals surface area contributed by atoms with E-state index in [1.54, 1.807) is 35.2 Å². The van der Waals surface area contributed by atoms with Gasteiger partial charge in [0.1, 0.15) is 35.7 Å². The Kier molecular flexibility index (Phi) is 6.13. The number of likely N-dealkylation sites (tertiary alicyclic amines) is 1. The minimum Gasteiger partial charge on any atom is -0.494 e. The van der Waals surface area contributed by atoms with Gasteiger partial charge in [-0.05, 0) is 56.2 Å². The summed E-state index contributed by atoms with van der Waals surface area (Å²) >= 11 is 0. The largest absolute Gasteiger partial charge is 0.494 e. The first-order valence-electron chi connectivity index (χ1n) is 10.2. The molecule has 2 aliphatic rings. The third-order valence-electron chi connectivity index (χ3n) is 5.14. The Morgan fingerprint density at radius 1 is 1.06 bits per heavy atom. The first-order valence-corrected chi connectivity index (χ1v) is 11.7. The van der Waals surface area contributed by atoms with Crippen LogP contribution in [0.15, 0.2) is 57.8 Å². The number of sulfonamides is 1. The molecule has 1 fully saturated rings. The number of esters is 1. The van der Waals surface area contributed by atoms with Crippen LogP contribution in [0.5, 0.6) is 11.5 Å². The van der Waals surface area contributed by atoms with Crippen LogP contribution >= 0.6 is 0 Å². The number of ether oxygens (including phenoxy) is 3. The second-order valence-electron chi connectivity index (χ2n) is 7.16. The molecule has 0 aromatic heterocycles. The molecule has 164 valence electrons. The van der Waals surface area contributed by atoms with E-state index in [1.807, 2.05) is 19.1 Å². The predicted octanol–water partition coefficient (Wildman–Crippen LogP) is 2.62. The topological polar surface area (TPSA) is 94.5 Å². The molecule has 1 unspecified atom stereocenters. The maximum absolute atomic E-state index is 12.7. The predicted molar refractivity (Wildman–Crippen MR) is 114 cm³/mol. The van der Waals surface area contributed by atoms with Crippen LogP contribution in [0.2, 0.25) is 0 Å². The third kappa shape index (κ3) is 4.51. The van der Waals surface area contributed by atoms with E-state index in [1.165, 1.54) is 6.07 Å². The second-order valence-corrected chi connectivity index (χ2v) is 8.73. The number of hydrogen-bond donors (Lipinski definition) is 0. The van der Waals surface area contributed by atoms with E-state index in [4.69, 9.17) is 14.2 Å². The van der Waals surface area contributed by atoms with Crippen molar-refractivity contribution >= 4 is 21.8 Å². The molecule has 2 aromatic carbocycles. The molecule has 0 amide bonds. The van der Waals surface area contributed by atoms with Gasteiger partial charge in [-0.2, -0.15) is 8.42 Å². The molecule has 0 aliphatic carbocycles. The zero-order valence-corrected chi connectivity index (χ0v) is 18.0. The normalized spacial score (nSPS) is 18.9. The Labute approximate surface area is 181 Å². The summed E-state index contributed by atoms with van der Waals surface area (Å²) < 4.78 is 45.0. The Morgan fingerprint density at radius 2 is 1.77 bits per heavy atom. The third-order valence-corrected chi connectivity index (χ3v) is 6.47. The van der Waals surface area contributed by atoms with E-state index in [0.717, 1.165) is 12.2 Å². The highest BCUT2D eigenvalue weighted by molar-refractivity contribution is 7.90.